The predicted molar refractivity (Wildman–Crippen MR) is 63.6 cm³/mol. The van der Waals surface area contributed by atoms with Crippen molar-refractivity contribution in [2.75, 3.05) is 25.4 Å². The maximum Gasteiger partial charge on any atom is 0.312 e. The molecular weight excluding hydrogens is 231 g/mol. The summed E-state index contributed by atoms with van der Waals surface area (Å²) >= 11 is 4.52. The summed E-state index contributed by atoms with van der Waals surface area (Å²) < 4.78 is 16.6. The molecule has 0 fully saturated rings. The van der Waals surface area contributed by atoms with Gasteiger partial charge in [0.1, 0.15) is 0 Å². The fraction of sp³-hybridized carbons (Fsp3) is 1.00. The molecule has 74 valence electrons. The smallest absolute Gasteiger partial charge is 0.312 e. The minimum Gasteiger partial charge on any atom is -0.317 e. The lowest BCUT2D eigenvalue weighted by Gasteiger charge is -2.14. The van der Waals surface area contributed by atoms with Crippen LogP contribution >= 0.6 is 40.3 Å². The van der Waals surface area contributed by atoms with Crippen molar-refractivity contribution in [2.24, 2.45) is 0 Å². The molecule has 0 aromatic heterocycles. The molecule has 0 aromatic rings. The molecule has 0 spiro atoms. The monoisotopic (exact) mass is 246 g/mol. The molecule has 0 radical (unpaired) electrons. The molecule has 0 heterocycles. The first kappa shape index (κ1) is 13.2. The molecule has 2 unspecified atom stereocenters. The molecule has 0 aliphatic rings. The summed E-state index contributed by atoms with van der Waals surface area (Å²) in [7, 11) is 1.51. The van der Waals surface area contributed by atoms with Crippen molar-refractivity contribution in [2.45, 2.75) is 12.2 Å². The van der Waals surface area contributed by atoms with Gasteiger partial charge >= 0.3 is 5.77 Å². The molecule has 0 aliphatic heterocycles. The minimum atomic E-state index is -2.43. The Kier molecular flexibility index (Phi) is 7.35. The quantitative estimate of drug-likeness (QED) is 0.667. The Morgan fingerprint density at radius 1 is 1.50 bits per heavy atom. The van der Waals surface area contributed by atoms with Gasteiger partial charge in [-0.05, 0) is 12.5 Å². The summed E-state index contributed by atoms with van der Waals surface area (Å²) in [5.41, 5.74) is 0. The Hall–Kier alpha value is 1.24. The molecule has 0 saturated heterocycles. The largest absolute Gasteiger partial charge is 0.317 e. The number of hydrogen-bond donors (Lipinski definition) is 0. The maximum absolute atomic E-state index is 11.7. The van der Waals surface area contributed by atoms with Gasteiger partial charge in [0.05, 0.1) is 0 Å². The van der Waals surface area contributed by atoms with Crippen LogP contribution in [0.5, 0.6) is 0 Å². The lowest BCUT2D eigenvalue weighted by Crippen LogP contribution is -1.97. The lowest BCUT2D eigenvalue weighted by atomic mass is 10.6. The van der Waals surface area contributed by atoms with Crippen molar-refractivity contribution in [3.8, 4) is 0 Å². The number of thioether (sulfide) groups is 1. The Morgan fingerprint density at radius 2 is 2.08 bits per heavy atom. The molecule has 0 saturated carbocycles. The average molecular weight is 246 g/mol. The van der Waals surface area contributed by atoms with E-state index in [0.717, 1.165) is 5.75 Å². The highest BCUT2D eigenvalue weighted by molar-refractivity contribution is 8.89. The first-order valence-corrected chi connectivity index (χ1v) is 9.80. The predicted octanol–water partition coefficient (Wildman–Crippen LogP) is 3.59. The van der Waals surface area contributed by atoms with Crippen LogP contribution in [0.25, 0.3) is 0 Å². The highest BCUT2D eigenvalue weighted by Crippen LogP contribution is 2.68. The standard InChI is InChI=1S/C6H15O2PS3/c1-6(10-3)5-12-9(7,8-2)11-4/h6H,5H2,1-4H3. The van der Waals surface area contributed by atoms with Crippen LogP contribution in [0.4, 0.5) is 0 Å². The molecule has 12 heavy (non-hydrogen) atoms. The van der Waals surface area contributed by atoms with E-state index in [1.54, 1.807) is 11.8 Å². The first-order chi connectivity index (χ1) is 5.58. The van der Waals surface area contributed by atoms with E-state index in [1.165, 1.54) is 29.9 Å². The van der Waals surface area contributed by atoms with E-state index in [2.05, 4.69) is 13.2 Å². The molecule has 2 atom stereocenters. The van der Waals surface area contributed by atoms with Gasteiger partial charge in [0.2, 0.25) is 0 Å². The summed E-state index contributed by atoms with van der Waals surface area (Å²) in [6.45, 7) is 2.12. The summed E-state index contributed by atoms with van der Waals surface area (Å²) in [5, 5.41) is 0.533. The third kappa shape index (κ3) is 5.07. The minimum absolute atomic E-state index is 0.533. The topological polar surface area (TPSA) is 26.3 Å². The Bertz CT molecular complexity index is 157. The van der Waals surface area contributed by atoms with Gasteiger partial charge in [-0.25, -0.2) is 0 Å². The van der Waals surface area contributed by atoms with Gasteiger partial charge in [-0.2, -0.15) is 11.8 Å². The van der Waals surface area contributed by atoms with E-state index in [1.807, 2.05) is 6.26 Å². The molecule has 0 aliphatic carbocycles. The molecular formula is C6H15O2PS3. The Morgan fingerprint density at radius 3 is 2.42 bits per heavy atom. The normalized spacial score (nSPS) is 18.7. The molecule has 0 amide bonds. The van der Waals surface area contributed by atoms with Crippen molar-refractivity contribution in [3.63, 3.8) is 0 Å². The van der Waals surface area contributed by atoms with Crippen LogP contribution in [0.2, 0.25) is 0 Å². The van der Waals surface area contributed by atoms with Crippen LogP contribution < -0.4 is 0 Å². The van der Waals surface area contributed by atoms with Crippen LogP contribution in [0.3, 0.4) is 0 Å². The summed E-state index contributed by atoms with van der Waals surface area (Å²) in [6, 6.07) is 0. The van der Waals surface area contributed by atoms with Gasteiger partial charge in [0.25, 0.3) is 0 Å². The SMILES string of the molecule is COP(=O)(SC)SCC(C)SC. The fourth-order valence-corrected chi connectivity index (χ4v) is 6.04. The summed E-state index contributed by atoms with van der Waals surface area (Å²) in [5.74, 6) is -1.55. The maximum atomic E-state index is 11.7. The van der Waals surface area contributed by atoms with Crippen LogP contribution in [0, 0.1) is 0 Å². The lowest BCUT2D eigenvalue weighted by molar-refractivity contribution is 0.424. The van der Waals surface area contributed by atoms with Crippen LogP contribution in [0.15, 0.2) is 0 Å². The second-order valence-corrected chi connectivity index (χ2v) is 11.1. The second-order valence-electron chi connectivity index (χ2n) is 2.15. The van der Waals surface area contributed by atoms with Crippen LogP contribution in [-0.2, 0) is 9.09 Å². The first-order valence-electron chi connectivity index (χ1n) is 3.47. The molecule has 0 bridgehead atoms. The number of rotatable bonds is 6. The van der Waals surface area contributed by atoms with Crippen molar-refractivity contribution >= 4 is 40.3 Å². The second kappa shape index (κ2) is 6.66. The Labute approximate surface area is 86.9 Å². The zero-order valence-corrected chi connectivity index (χ0v) is 11.1. The molecule has 6 heteroatoms. The van der Waals surface area contributed by atoms with Gasteiger partial charge in [0.15, 0.2) is 0 Å². The average Bonchev–Trinajstić information content (AvgIpc) is 2.13. The molecule has 2 nitrogen and oxygen atoms in total. The highest BCUT2D eigenvalue weighted by atomic mass is 33.1. The van der Waals surface area contributed by atoms with E-state index in [-0.39, 0.29) is 0 Å². The number of hydrogen-bond acceptors (Lipinski definition) is 5. The van der Waals surface area contributed by atoms with Crippen molar-refractivity contribution in [1.82, 2.24) is 0 Å². The molecule has 0 aromatic carbocycles. The summed E-state index contributed by atoms with van der Waals surface area (Å²) in [4.78, 5) is 0. The molecule has 0 N–H and O–H groups in total. The van der Waals surface area contributed by atoms with Gasteiger partial charge in [-0.3, -0.25) is 4.57 Å². The Balaban J connectivity index is 3.81. The van der Waals surface area contributed by atoms with Gasteiger partial charge in [-0.1, -0.05) is 29.7 Å². The van der Waals surface area contributed by atoms with E-state index in [4.69, 9.17) is 4.52 Å². The zero-order chi connectivity index (χ0) is 9.61. The van der Waals surface area contributed by atoms with Crippen molar-refractivity contribution in [3.05, 3.63) is 0 Å². The van der Waals surface area contributed by atoms with Gasteiger partial charge < -0.3 is 4.52 Å². The van der Waals surface area contributed by atoms with Crippen LogP contribution in [-0.4, -0.2) is 30.6 Å². The summed E-state index contributed by atoms with van der Waals surface area (Å²) in [6.07, 6.45) is 3.88. The zero-order valence-electron chi connectivity index (χ0n) is 7.77. The fourth-order valence-electron chi connectivity index (χ4n) is 0.444. The van der Waals surface area contributed by atoms with E-state index in [9.17, 15) is 4.57 Å². The van der Waals surface area contributed by atoms with Crippen LogP contribution in [0.1, 0.15) is 6.92 Å². The van der Waals surface area contributed by atoms with Crippen molar-refractivity contribution in [1.29, 1.82) is 0 Å². The van der Waals surface area contributed by atoms with Gasteiger partial charge in [-0.15, -0.1) is 0 Å². The van der Waals surface area contributed by atoms with Gasteiger partial charge in [0, 0.05) is 18.1 Å². The van der Waals surface area contributed by atoms with E-state index < -0.39 is 5.77 Å². The van der Waals surface area contributed by atoms with E-state index in [0.29, 0.717) is 5.25 Å². The highest BCUT2D eigenvalue weighted by Gasteiger charge is 2.21. The molecule has 0 rings (SSSR count). The third-order valence-corrected chi connectivity index (χ3v) is 10.3. The van der Waals surface area contributed by atoms with E-state index >= 15 is 0 Å². The van der Waals surface area contributed by atoms with Crippen molar-refractivity contribution < 1.29 is 9.09 Å². The third-order valence-electron chi connectivity index (χ3n) is 1.32.